The molecule has 0 heterocycles. The van der Waals surface area contributed by atoms with Crippen molar-refractivity contribution in [2.24, 2.45) is 0 Å². The van der Waals surface area contributed by atoms with Gasteiger partial charge in [-0.1, -0.05) is 12.1 Å². The van der Waals surface area contributed by atoms with E-state index >= 15 is 0 Å². The number of carbonyl (C=O) groups is 1. The van der Waals surface area contributed by atoms with Crippen LogP contribution in [0.3, 0.4) is 0 Å². The van der Waals surface area contributed by atoms with Crippen molar-refractivity contribution in [2.75, 3.05) is 0 Å². The summed E-state index contributed by atoms with van der Waals surface area (Å²) in [6.07, 6.45) is 1.27. The van der Waals surface area contributed by atoms with E-state index in [9.17, 15) is 9.18 Å². The average molecular weight is 281 g/mol. The molecule has 1 aliphatic rings. The van der Waals surface area contributed by atoms with Crippen LogP contribution in [-0.2, 0) is 13.0 Å². The number of nitrogens with zero attached hydrogens (tertiary/aromatic N) is 1. The Morgan fingerprint density at radius 2 is 2.10 bits per heavy atom. The van der Waals surface area contributed by atoms with Crippen molar-refractivity contribution in [3.63, 3.8) is 0 Å². The first-order valence-corrected chi connectivity index (χ1v) is 6.65. The molecule has 0 bridgehead atoms. The van der Waals surface area contributed by atoms with Gasteiger partial charge in [0.1, 0.15) is 24.2 Å². The number of Topliss-reactive ketones (excluding diaryl/α,β-unsaturated/α-hetero) is 1. The number of hydrogen-bond donors (Lipinski definition) is 0. The standard InChI is InChI=1S/C17H12FNO2/c18-17-12(9-19)2-1-3-13(17)10-21-14-5-6-15-11(8-14)4-7-16(15)20/h1-3,5-6,8H,4,7,10H2. The van der Waals surface area contributed by atoms with Gasteiger partial charge >= 0.3 is 0 Å². The van der Waals surface area contributed by atoms with Crippen LogP contribution in [0.5, 0.6) is 5.75 Å². The Balaban J connectivity index is 1.77. The van der Waals surface area contributed by atoms with Gasteiger partial charge in [0, 0.05) is 17.5 Å². The number of rotatable bonds is 3. The molecule has 0 aliphatic heterocycles. The summed E-state index contributed by atoms with van der Waals surface area (Å²) >= 11 is 0. The lowest BCUT2D eigenvalue weighted by molar-refractivity contribution is 0.0994. The first-order chi connectivity index (χ1) is 10.2. The molecule has 0 unspecified atom stereocenters. The van der Waals surface area contributed by atoms with Crippen LogP contribution in [0.2, 0.25) is 0 Å². The van der Waals surface area contributed by atoms with Crippen LogP contribution in [0.25, 0.3) is 0 Å². The van der Waals surface area contributed by atoms with Crippen molar-refractivity contribution in [3.8, 4) is 11.8 Å². The maximum Gasteiger partial charge on any atom is 0.163 e. The van der Waals surface area contributed by atoms with Gasteiger partial charge in [0.2, 0.25) is 0 Å². The van der Waals surface area contributed by atoms with Gasteiger partial charge in [-0.3, -0.25) is 4.79 Å². The van der Waals surface area contributed by atoms with Gasteiger partial charge in [-0.05, 0) is 36.2 Å². The lowest BCUT2D eigenvalue weighted by atomic mass is 10.1. The van der Waals surface area contributed by atoms with Gasteiger partial charge in [0.05, 0.1) is 5.56 Å². The molecule has 0 N–H and O–H groups in total. The van der Waals surface area contributed by atoms with Crippen molar-refractivity contribution >= 4 is 5.78 Å². The minimum atomic E-state index is -0.545. The highest BCUT2D eigenvalue weighted by atomic mass is 19.1. The van der Waals surface area contributed by atoms with E-state index in [0.29, 0.717) is 17.7 Å². The monoisotopic (exact) mass is 281 g/mol. The first kappa shape index (κ1) is 13.3. The second-order valence-electron chi connectivity index (χ2n) is 4.92. The highest BCUT2D eigenvalue weighted by molar-refractivity contribution is 6.00. The molecule has 0 radical (unpaired) electrons. The fourth-order valence-electron chi connectivity index (χ4n) is 2.46. The predicted molar refractivity (Wildman–Crippen MR) is 74.5 cm³/mol. The van der Waals surface area contributed by atoms with E-state index in [4.69, 9.17) is 10.00 Å². The lowest BCUT2D eigenvalue weighted by Gasteiger charge is -2.09. The molecule has 0 spiro atoms. The Morgan fingerprint density at radius 3 is 2.90 bits per heavy atom. The molecule has 0 atom stereocenters. The minimum absolute atomic E-state index is 0.00986. The molecule has 104 valence electrons. The third-order valence-electron chi connectivity index (χ3n) is 3.59. The van der Waals surface area contributed by atoms with E-state index in [0.717, 1.165) is 17.5 Å². The lowest BCUT2D eigenvalue weighted by Crippen LogP contribution is -2.01. The maximum absolute atomic E-state index is 13.9. The maximum atomic E-state index is 13.9. The van der Waals surface area contributed by atoms with Crippen LogP contribution in [0.4, 0.5) is 4.39 Å². The first-order valence-electron chi connectivity index (χ1n) is 6.65. The molecular formula is C17H12FNO2. The van der Waals surface area contributed by atoms with Crippen LogP contribution in [0.15, 0.2) is 36.4 Å². The summed E-state index contributed by atoms with van der Waals surface area (Å²) < 4.78 is 19.5. The Kier molecular flexibility index (Phi) is 3.41. The SMILES string of the molecule is N#Cc1cccc(COc2ccc3c(c2)CCC3=O)c1F. The van der Waals surface area contributed by atoms with E-state index in [1.54, 1.807) is 30.3 Å². The third kappa shape index (κ3) is 2.50. The Labute approximate surface area is 121 Å². The normalized spacial score (nSPS) is 12.9. The molecule has 3 nitrogen and oxygen atoms in total. The summed E-state index contributed by atoms with van der Waals surface area (Å²) in [5, 5.41) is 8.80. The van der Waals surface area contributed by atoms with Crippen LogP contribution in [0, 0.1) is 17.1 Å². The zero-order valence-corrected chi connectivity index (χ0v) is 11.2. The number of halogens is 1. The van der Waals surface area contributed by atoms with Crippen LogP contribution >= 0.6 is 0 Å². The highest BCUT2D eigenvalue weighted by Gasteiger charge is 2.19. The number of hydrogen-bond acceptors (Lipinski definition) is 3. The number of ether oxygens (including phenoxy) is 1. The second kappa shape index (κ2) is 5.37. The zero-order valence-electron chi connectivity index (χ0n) is 11.2. The molecular weight excluding hydrogens is 269 g/mol. The van der Waals surface area contributed by atoms with E-state index in [-0.39, 0.29) is 18.0 Å². The topological polar surface area (TPSA) is 50.1 Å². The molecule has 0 fully saturated rings. The van der Waals surface area contributed by atoms with Gasteiger partial charge < -0.3 is 4.74 Å². The second-order valence-corrected chi connectivity index (χ2v) is 4.92. The van der Waals surface area contributed by atoms with Crippen LogP contribution in [-0.4, -0.2) is 5.78 Å². The third-order valence-corrected chi connectivity index (χ3v) is 3.59. The summed E-state index contributed by atoms with van der Waals surface area (Å²) in [4.78, 5) is 11.6. The quantitative estimate of drug-likeness (QED) is 0.866. The van der Waals surface area contributed by atoms with Crippen molar-refractivity contribution in [1.82, 2.24) is 0 Å². The largest absolute Gasteiger partial charge is 0.489 e. The Hall–Kier alpha value is -2.67. The molecule has 3 rings (SSSR count). The molecule has 0 saturated carbocycles. The van der Waals surface area contributed by atoms with E-state index in [2.05, 4.69) is 0 Å². The summed E-state index contributed by atoms with van der Waals surface area (Å²) in [6.45, 7) is 0.0497. The number of nitriles is 1. The van der Waals surface area contributed by atoms with Crippen molar-refractivity contribution < 1.29 is 13.9 Å². The van der Waals surface area contributed by atoms with Gasteiger partial charge in [0.15, 0.2) is 5.78 Å². The molecule has 21 heavy (non-hydrogen) atoms. The van der Waals surface area contributed by atoms with Crippen molar-refractivity contribution in [2.45, 2.75) is 19.4 Å². The van der Waals surface area contributed by atoms with Gasteiger partial charge in [-0.15, -0.1) is 0 Å². The minimum Gasteiger partial charge on any atom is -0.489 e. The fraction of sp³-hybridized carbons (Fsp3) is 0.176. The Bertz CT molecular complexity index is 762. The average Bonchev–Trinajstić information content (AvgIpc) is 2.87. The van der Waals surface area contributed by atoms with Gasteiger partial charge in [-0.25, -0.2) is 4.39 Å². The van der Waals surface area contributed by atoms with Crippen LogP contribution in [0.1, 0.15) is 33.5 Å². The molecule has 1 aliphatic carbocycles. The van der Waals surface area contributed by atoms with E-state index < -0.39 is 5.82 Å². The summed E-state index contributed by atoms with van der Waals surface area (Å²) in [5.74, 6) is 0.214. The van der Waals surface area contributed by atoms with Gasteiger partial charge in [-0.2, -0.15) is 5.26 Å². The fourth-order valence-corrected chi connectivity index (χ4v) is 2.46. The van der Waals surface area contributed by atoms with Crippen LogP contribution < -0.4 is 4.74 Å². The van der Waals surface area contributed by atoms with Crippen molar-refractivity contribution in [3.05, 3.63) is 64.5 Å². The number of benzene rings is 2. The molecule has 4 heteroatoms. The predicted octanol–water partition coefficient (Wildman–Crippen LogP) is 3.41. The smallest absolute Gasteiger partial charge is 0.163 e. The molecule has 0 saturated heterocycles. The summed E-state index contributed by atoms with van der Waals surface area (Å²) in [7, 11) is 0. The van der Waals surface area contributed by atoms with E-state index in [1.807, 2.05) is 6.07 Å². The highest BCUT2D eigenvalue weighted by Crippen LogP contribution is 2.26. The van der Waals surface area contributed by atoms with E-state index in [1.165, 1.54) is 6.07 Å². The number of carbonyl (C=O) groups excluding carboxylic acids is 1. The number of fused-ring (bicyclic) bond motifs is 1. The number of ketones is 1. The molecule has 2 aromatic carbocycles. The molecule has 2 aromatic rings. The zero-order chi connectivity index (χ0) is 14.8. The number of aryl methyl sites for hydroxylation is 1. The van der Waals surface area contributed by atoms with Gasteiger partial charge in [0.25, 0.3) is 0 Å². The summed E-state index contributed by atoms with van der Waals surface area (Å²) in [6, 6.07) is 11.7. The molecule has 0 amide bonds. The Morgan fingerprint density at radius 1 is 1.24 bits per heavy atom. The van der Waals surface area contributed by atoms with Crippen molar-refractivity contribution in [1.29, 1.82) is 5.26 Å². The molecule has 0 aromatic heterocycles. The summed E-state index contributed by atoms with van der Waals surface area (Å²) in [5.41, 5.74) is 2.07.